The summed E-state index contributed by atoms with van der Waals surface area (Å²) in [6, 6.07) is 2.17. The highest BCUT2D eigenvalue weighted by Gasteiger charge is 2.08. The van der Waals surface area contributed by atoms with Crippen molar-refractivity contribution in [2.75, 3.05) is 13.7 Å². The van der Waals surface area contributed by atoms with Gasteiger partial charge < -0.3 is 10.1 Å². The van der Waals surface area contributed by atoms with Gasteiger partial charge in [-0.1, -0.05) is 0 Å². The predicted octanol–water partition coefficient (Wildman–Crippen LogP) is 3.10. The molecule has 102 valence electrons. The van der Waals surface area contributed by atoms with E-state index in [-0.39, 0.29) is 0 Å². The Bertz CT molecular complexity index is 523. The fourth-order valence-electron chi connectivity index (χ4n) is 2.12. The standard InChI is InChI=1S/C15H20N2OS/c1-11-8-17-14(12(2)15(11)18-3)9-16-6-4-13-5-7-19-10-13/h5,7-8,10,16H,4,6,9H2,1-3H3. The third-order valence-corrected chi connectivity index (χ3v) is 3.94. The molecule has 3 nitrogen and oxygen atoms in total. The minimum atomic E-state index is 0.784. The Morgan fingerprint density at radius 1 is 1.37 bits per heavy atom. The van der Waals surface area contributed by atoms with Crippen LogP contribution in [-0.4, -0.2) is 18.6 Å². The highest BCUT2D eigenvalue weighted by molar-refractivity contribution is 7.07. The number of thiophene rings is 1. The molecule has 0 aliphatic carbocycles. The summed E-state index contributed by atoms with van der Waals surface area (Å²) in [5.74, 6) is 0.949. The second-order valence-corrected chi connectivity index (χ2v) is 5.38. The molecule has 0 aliphatic heterocycles. The van der Waals surface area contributed by atoms with E-state index in [9.17, 15) is 0 Å². The molecule has 0 saturated heterocycles. The van der Waals surface area contributed by atoms with Crippen molar-refractivity contribution in [2.24, 2.45) is 0 Å². The number of pyridine rings is 1. The van der Waals surface area contributed by atoms with E-state index in [1.165, 1.54) is 5.56 Å². The SMILES string of the molecule is COc1c(C)cnc(CNCCc2ccsc2)c1C. The minimum Gasteiger partial charge on any atom is -0.496 e. The van der Waals surface area contributed by atoms with Crippen molar-refractivity contribution in [1.82, 2.24) is 10.3 Å². The number of rotatable bonds is 6. The maximum absolute atomic E-state index is 5.42. The second kappa shape index (κ2) is 6.68. The molecule has 0 saturated carbocycles. The zero-order valence-corrected chi connectivity index (χ0v) is 12.5. The molecule has 4 heteroatoms. The maximum atomic E-state index is 5.42. The smallest absolute Gasteiger partial charge is 0.128 e. The molecule has 2 aromatic rings. The first-order valence-corrected chi connectivity index (χ1v) is 7.37. The van der Waals surface area contributed by atoms with Crippen molar-refractivity contribution in [2.45, 2.75) is 26.8 Å². The first-order chi connectivity index (χ1) is 9.22. The summed E-state index contributed by atoms with van der Waals surface area (Å²) in [7, 11) is 1.71. The van der Waals surface area contributed by atoms with Crippen LogP contribution in [0.15, 0.2) is 23.0 Å². The van der Waals surface area contributed by atoms with Crippen LogP contribution in [0.1, 0.15) is 22.4 Å². The van der Waals surface area contributed by atoms with Crippen LogP contribution in [0.5, 0.6) is 5.75 Å². The number of nitrogens with one attached hydrogen (secondary N) is 1. The fraction of sp³-hybridized carbons (Fsp3) is 0.400. The highest BCUT2D eigenvalue weighted by atomic mass is 32.1. The number of hydrogen-bond acceptors (Lipinski definition) is 4. The van der Waals surface area contributed by atoms with Crippen molar-refractivity contribution in [3.05, 3.63) is 45.4 Å². The Morgan fingerprint density at radius 3 is 2.89 bits per heavy atom. The summed E-state index contributed by atoms with van der Waals surface area (Å²) in [6.07, 6.45) is 2.94. The van der Waals surface area contributed by atoms with E-state index in [4.69, 9.17) is 4.74 Å². The maximum Gasteiger partial charge on any atom is 0.128 e. The van der Waals surface area contributed by atoms with Crippen LogP contribution < -0.4 is 10.1 Å². The molecule has 0 bridgehead atoms. The minimum absolute atomic E-state index is 0.784. The summed E-state index contributed by atoms with van der Waals surface area (Å²) in [6.45, 7) is 5.84. The molecule has 2 rings (SSSR count). The van der Waals surface area contributed by atoms with Crippen LogP contribution in [-0.2, 0) is 13.0 Å². The van der Waals surface area contributed by atoms with Crippen LogP contribution in [0, 0.1) is 13.8 Å². The Labute approximate surface area is 118 Å². The molecule has 0 aromatic carbocycles. The third kappa shape index (κ3) is 3.55. The Kier molecular flexibility index (Phi) is 4.93. The topological polar surface area (TPSA) is 34.1 Å². The molecular weight excluding hydrogens is 256 g/mol. The summed E-state index contributed by atoms with van der Waals surface area (Å²) in [5, 5.41) is 7.75. The van der Waals surface area contributed by atoms with Crippen molar-refractivity contribution >= 4 is 11.3 Å². The van der Waals surface area contributed by atoms with E-state index < -0.39 is 0 Å². The van der Waals surface area contributed by atoms with Gasteiger partial charge in [-0.2, -0.15) is 11.3 Å². The van der Waals surface area contributed by atoms with E-state index in [0.29, 0.717) is 0 Å². The van der Waals surface area contributed by atoms with Crippen LogP contribution in [0.4, 0.5) is 0 Å². The molecule has 0 radical (unpaired) electrons. The van der Waals surface area contributed by atoms with Crippen LogP contribution in [0.2, 0.25) is 0 Å². The van der Waals surface area contributed by atoms with E-state index in [1.54, 1.807) is 18.4 Å². The van der Waals surface area contributed by atoms with Crippen LogP contribution in [0.25, 0.3) is 0 Å². The Morgan fingerprint density at radius 2 is 2.21 bits per heavy atom. The molecule has 2 heterocycles. The lowest BCUT2D eigenvalue weighted by Crippen LogP contribution is -2.18. The van der Waals surface area contributed by atoms with Gasteiger partial charge in [0.25, 0.3) is 0 Å². The lowest BCUT2D eigenvalue weighted by molar-refractivity contribution is 0.406. The second-order valence-electron chi connectivity index (χ2n) is 4.60. The summed E-state index contributed by atoms with van der Waals surface area (Å²) >= 11 is 1.75. The van der Waals surface area contributed by atoms with E-state index >= 15 is 0 Å². The van der Waals surface area contributed by atoms with Gasteiger partial charge >= 0.3 is 0 Å². The molecule has 0 atom stereocenters. The van der Waals surface area contributed by atoms with E-state index in [0.717, 1.165) is 42.1 Å². The number of nitrogens with zero attached hydrogens (tertiary/aromatic N) is 1. The van der Waals surface area contributed by atoms with Gasteiger partial charge in [0.1, 0.15) is 5.75 Å². The molecule has 0 unspecified atom stereocenters. The highest BCUT2D eigenvalue weighted by Crippen LogP contribution is 2.23. The van der Waals surface area contributed by atoms with Crippen LogP contribution in [0.3, 0.4) is 0 Å². The predicted molar refractivity (Wildman–Crippen MR) is 80.0 cm³/mol. The molecule has 0 fully saturated rings. The number of hydrogen-bond donors (Lipinski definition) is 1. The van der Waals surface area contributed by atoms with Gasteiger partial charge in [0, 0.05) is 23.9 Å². The average molecular weight is 276 g/mol. The Balaban J connectivity index is 1.89. The zero-order valence-electron chi connectivity index (χ0n) is 11.7. The monoisotopic (exact) mass is 276 g/mol. The van der Waals surface area contributed by atoms with Crippen molar-refractivity contribution in [3.8, 4) is 5.75 Å². The summed E-state index contributed by atoms with van der Waals surface area (Å²) < 4.78 is 5.42. The lowest BCUT2D eigenvalue weighted by atomic mass is 10.1. The van der Waals surface area contributed by atoms with Gasteiger partial charge in [0.15, 0.2) is 0 Å². The van der Waals surface area contributed by atoms with Gasteiger partial charge in [-0.3, -0.25) is 4.98 Å². The van der Waals surface area contributed by atoms with Gasteiger partial charge in [0.05, 0.1) is 12.8 Å². The number of aryl methyl sites for hydroxylation is 1. The molecule has 0 spiro atoms. The first-order valence-electron chi connectivity index (χ1n) is 6.43. The largest absolute Gasteiger partial charge is 0.496 e. The zero-order chi connectivity index (χ0) is 13.7. The van der Waals surface area contributed by atoms with E-state index in [2.05, 4.69) is 34.1 Å². The summed E-state index contributed by atoms with van der Waals surface area (Å²) in [4.78, 5) is 4.48. The van der Waals surface area contributed by atoms with Gasteiger partial charge in [-0.25, -0.2) is 0 Å². The van der Waals surface area contributed by atoms with Crippen molar-refractivity contribution < 1.29 is 4.74 Å². The number of ether oxygens (including phenoxy) is 1. The van der Waals surface area contributed by atoms with E-state index in [1.807, 2.05) is 13.1 Å². The summed E-state index contributed by atoms with van der Waals surface area (Å²) in [5.41, 5.74) is 4.67. The number of aromatic nitrogens is 1. The quantitative estimate of drug-likeness (QED) is 0.823. The Hall–Kier alpha value is -1.39. The molecule has 2 aromatic heterocycles. The molecule has 19 heavy (non-hydrogen) atoms. The normalized spacial score (nSPS) is 10.7. The van der Waals surface area contributed by atoms with Crippen molar-refractivity contribution in [1.29, 1.82) is 0 Å². The molecule has 0 aliphatic rings. The lowest BCUT2D eigenvalue weighted by Gasteiger charge is -2.12. The third-order valence-electron chi connectivity index (χ3n) is 3.21. The molecule has 1 N–H and O–H groups in total. The molecular formula is C15H20N2OS. The number of methoxy groups -OCH3 is 1. The van der Waals surface area contributed by atoms with Crippen LogP contribution >= 0.6 is 11.3 Å². The molecule has 0 amide bonds. The fourth-order valence-corrected chi connectivity index (χ4v) is 2.83. The van der Waals surface area contributed by atoms with Gasteiger partial charge in [-0.05, 0) is 49.2 Å². The van der Waals surface area contributed by atoms with Gasteiger partial charge in [0.2, 0.25) is 0 Å². The average Bonchev–Trinajstić information content (AvgIpc) is 2.90. The van der Waals surface area contributed by atoms with Crippen molar-refractivity contribution in [3.63, 3.8) is 0 Å². The van der Waals surface area contributed by atoms with Gasteiger partial charge in [-0.15, -0.1) is 0 Å². The first kappa shape index (κ1) is 14.0.